The van der Waals surface area contributed by atoms with Gasteiger partial charge in [0.05, 0.1) is 0 Å². The van der Waals surface area contributed by atoms with Gasteiger partial charge in [0.2, 0.25) is 0 Å². The molecule has 97 valence electrons. The fourth-order valence-electron chi connectivity index (χ4n) is 2.51. The van der Waals surface area contributed by atoms with Crippen molar-refractivity contribution in [1.29, 1.82) is 0 Å². The summed E-state index contributed by atoms with van der Waals surface area (Å²) in [5.41, 5.74) is 6.75. The Kier molecular flexibility index (Phi) is 5.48. The van der Waals surface area contributed by atoms with Gasteiger partial charge in [-0.15, -0.1) is 0 Å². The Morgan fingerprint density at radius 2 is 1.72 bits per heavy atom. The van der Waals surface area contributed by atoms with Crippen molar-refractivity contribution in [2.75, 3.05) is 0 Å². The van der Waals surface area contributed by atoms with Crippen molar-refractivity contribution in [2.24, 2.45) is 0 Å². The first-order valence-corrected chi connectivity index (χ1v) is 7.02. The van der Waals surface area contributed by atoms with E-state index in [4.69, 9.17) is 6.42 Å². The quantitative estimate of drug-likeness (QED) is 0.492. The molecule has 0 spiro atoms. The van der Waals surface area contributed by atoms with E-state index in [1.165, 1.54) is 47.1 Å². The Morgan fingerprint density at radius 3 is 2.28 bits per heavy atom. The first-order chi connectivity index (χ1) is 8.52. The smallest absolute Gasteiger partial charge is 0.0465 e. The molecule has 1 unspecified atom stereocenters. The zero-order valence-corrected chi connectivity index (χ0v) is 12.5. The topological polar surface area (TPSA) is 0 Å². The lowest BCUT2D eigenvalue weighted by Crippen LogP contribution is -2.03. The van der Waals surface area contributed by atoms with Crippen molar-refractivity contribution in [1.82, 2.24) is 0 Å². The molecule has 1 radical (unpaired) electrons. The average Bonchev–Trinajstić information content (AvgIpc) is 2.37. The summed E-state index contributed by atoms with van der Waals surface area (Å²) in [5, 5.41) is 0. The van der Waals surface area contributed by atoms with Crippen LogP contribution in [0.3, 0.4) is 0 Å². The number of aryl methyl sites for hydroxylation is 1. The Labute approximate surface area is 113 Å². The van der Waals surface area contributed by atoms with Gasteiger partial charge in [0.1, 0.15) is 0 Å². The fraction of sp³-hybridized carbons (Fsp3) is 0.556. The third-order valence-corrected chi connectivity index (χ3v) is 4.17. The summed E-state index contributed by atoms with van der Waals surface area (Å²) in [6.45, 7) is 10.9. The van der Waals surface area contributed by atoms with E-state index in [9.17, 15) is 0 Å². The first-order valence-electron chi connectivity index (χ1n) is 7.02. The van der Waals surface area contributed by atoms with Crippen LogP contribution in [0.4, 0.5) is 0 Å². The third-order valence-electron chi connectivity index (χ3n) is 4.17. The fourth-order valence-corrected chi connectivity index (χ4v) is 2.51. The van der Waals surface area contributed by atoms with Crippen LogP contribution in [0, 0.1) is 40.0 Å². The Hall–Kier alpha value is -1.22. The first kappa shape index (κ1) is 14.8. The van der Waals surface area contributed by atoms with E-state index in [0.29, 0.717) is 0 Å². The Bertz CT molecular complexity index is 446. The Morgan fingerprint density at radius 1 is 1.06 bits per heavy atom. The van der Waals surface area contributed by atoms with Crippen molar-refractivity contribution >= 4 is 0 Å². The van der Waals surface area contributed by atoms with Gasteiger partial charge >= 0.3 is 0 Å². The van der Waals surface area contributed by atoms with Crippen molar-refractivity contribution in [3.63, 3.8) is 0 Å². The predicted molar refractivity (Wildman–Crippen MR) is 79.4 cm³/mol. The molecular weight excluding hydrogens is 216 g/mol. The van der Waals surface area contributed by atoms with Crippen LogP contribution in [-0.2, 0) is 0 Å². The van der Waals surface area contributed by atoms with Crippen LogP contribution < -0.4 is 0 Å². The largest absolute Gasteiger partial charge is 0.0809 e. The van der Waals surface area contributed by atoms with E-state index in [1.807, 2.05) is 0 Å². The molecule has 0 N–H and O–H groups in total. The Balaban J connectivity index is 3.04. The predicted octanol–water partition coefficient (Wildman–Crippen LogP) is 5.17. The average molecular weight is 241 g/mol. The highest BCUT2D eigenvalue weighted by Gasteiger charge is 2.14. The van der Waals surface area contributed by atoms with Crippen molar-refractivity contribution < 1.29 is 0 Å². The maximum absolute atomic E-state index is 7.57. The zero-order chi connectivity index (χ0) is 13.7. The molecule has 0 amide bonds. The van der Waals surface area contributed by atoms with Gasteiger partial charge in [-0.1, -0.05) is 38.2 Å². The molecule has 0 aliphatic rings. The van der Waals surface area contributed by atoms with Crippen LogP contribution in [0.5, 0.6) is 0 Å². The second-order valence-corrected chi connectivity index (χ2v) is 5.35. The molecule has 0 aromatic heterocycles. The highest BCUT2D eigenvalue weighted by molar-refractivity contribution is 5.46. The van der Waals surface area contributed by atoms with Crippen LogP contribution in [0.15, 0.2) is 6.07 Å². The van der Waals surface area contributed by atoms with Gasteiger partial charge in [0, 0.05) is 5.92 Å². The molecule has 0 aliphatic heterocycles. The summed E-state index contributed by atoms with van der Waals surface area (Å²) in [7, 11) is 0. The van der Waals surface area contributed by atoms with Gasteiger partial charge in [0.15, 0.2) is 0 Å². The minimum absolute atomic E-state index is 0.176. The number of benzene rings is 1. The molecule has 0 bridgehead atoms. The van der Waals surface area contributed by atoms with Gasteiger partial charge in [-0.25, -0.2) is 0 Å². The summed E-state index contributed by atoms with van der Waals surface area (Å²) < 4.78 is 0. The van der Waals surface area contributed by atoms with Crippen molar-refractivity contribution in [3.05, 3.63) is 40.3 Å². The van der Waals surface area contributed by atoms with E-state index in [2.05, 4.69) is 46.6 Å². The molecule has 0 aliphatic carbocycles. The number of unbranched alkanes of at least 4 members (excludes halogenated alkanes) is 2. The second-order valence-electron chi connectivity index (χ2n) is 5.35. The maximum atomic E-state index is 7.57. The highest BCUT2D eigenvalue weighted by Crippen LogP contribution is 2.30. The molecule has 0 saturated carbocycles. The molecular formula is C18H25. The minimum atomic E-state index is 0.176. The molecule has 0 heterocycles. The zero-order valence-electron chi connectivity index (χ0n) is 12.5. The molecule has 0 heteroatoms. The van der Waals surface area contributed by atoms with Gasteiger partial charge in [0.25, 0.3) is 0 Å². The number of hydrogen-bond acceptors (Lipinski definition) is 0. The van der Waals surface area contributed by atoms with Crippen molar-refractivity contribution in [2.45, 2.75) is 66.2 Å². The van der Waals surface area contributed by atoms with Gasteiger partial charge in [-0.05, 0) is 68.4 Å². The third kappa shape index (κ3) is 3.16. The summed E-state index contributed by atoms with van der Waals surface area (Å²) in [6, 6.07) is 2.26. The van der Waals surface area contributed by atoms with E-state index >= 15 is 0 Å². The lowest BCUT2D eigenvalue weighted by Gasteiger charge is -2.19. The van der Waals surface area contributed by atoms with E-state index in [1.54, 1.807) is 0 Å². The summed E-state index contributed by atoms with van der Waals surface area (Å²) >= 11 is 0. The molecule has 1 atom stereocenters. The molecule has 1 aromatic rings. The SMILES string of the molecule is [C]#CC(CCCCC)c1cc(C)c(C)c(C)c1C. The standard InChI is InChI=1S/C18H25/c1-7-9-10-11-17(8-2)18-12-13(3)14(4)15(5)16(18)6/h12,17H,7,9-11H2,1,3-6H3. The lowest BCUT2D eigenvalue weighted by molar-refractivity contribution is 0.635. The normalized spacial score (nSPS) is 12.2. The number of hydrogen-bond donors (Lipinski definition) is 0. The molecule has 1 rings (SSSR count). The molecule has 0 saturated heterocycles. The van der Waals surface area contributed by atoms with Crippen molar-refractivity contribution in [3.8, 4) is 5.92 Å². The molecule has 0 fully saturated rings. The van der Waals surface area contributed by atoms with Crippen LogP contribution in [-0.4, -0.2) is 0 Å². The second kappa shape index (κ2) is 6.64. The summed E-state index contributed by atoms with van der Waals surface area (Å²) in [4.78, 5) is 0. The van der Waals surface area contributed by atoms with E-state index in [-0.39, 0.29) is 5.92 Å². The monoisotopic (exact) mass is 241 g/mol. The van der Waals surface area contributed by atoms with Crippen LogP contribution in [0.1, 0.15) is 66.3 Å². The maximum Gasteiger partial charge on any atom is 0.0465 e. The summed E-state index contributed by atoms with van der Waals surface area (Å²) in [6.07, 6.45) is 12.3. The van der Waals surface area contributed by atoms with Crippen LogP contribution in [0.25, 0.3) is 0 Å². The van der Waals surface area contributed by atoms with Gasteiger partial charge in [-0.2, -0.15) is 0 Å². The minimum Gasteiger partial charge on any atom is -0.0809 e. The molecule has 0 nitrogen and oxygen atoms in total. The molecule has 1 aromatic carbocycles. The summed E-state index contributed by atoms with van der Waals surface area (Å²) in [5.74, 6) is 2.92. The van der Waals surface area contributed by atoms with Crippen LogP contribution in [0.2, 0.25) is 0 Å². The van der Waals surface area contributed by atoms with E-state index < -0.39 is 0 Å². The molecule has 18 heavy (non-hydrogen) atoms. The van der Waals surface area contributed by atoms with Gasteiger partial charge < -0.3 is 0 Å². The van der Waals surface area contributed by atoms with Gasteiger partial charge in [-0.3, -0.25) is 0 Å². The lowest BCUT2D eigenvalue weighted by atomic mass is 9.85. The van der Waals surface area contributed by atoms with E-state index in [0.717, 1.165) is 6.42 Å². The van der Waals surface area contributed by atoms with Crippen LogP contribution >= 0.6 is 0 Å². The highest BCUT2D eigenvalue weighted by atomic mass is 14.2. The number of rotatable bonds is 5.